The average Bonchev–Trinajstić information content (AvgIpc) is 3.17. The van der Waals surface area contributed by atoms with Gasteiger partial charge in [-0.1, -0.05) is 42.9 Å². The van der Waals surface area contributed by atoms with Gasteiger partial charge in [0.05, 0.1) is 19.3 Å². The lowest BCUT2D eigenvalue weighted by molar-refractivity contribution is -0.124. The van der Waals surface area contributed by atoms with Gasteiger partial charge in [0.1, 0.15) is 23.6 Å². The second kappa shape index (κ2) is 15.9. The van der Waals surface area contributed by atoms with Gasteiger partial charge in [-0.3, -0.25) is 9.59 Å². The van der Waals surface area contributed by atoms with E-state index in [0.29, 0.717) is 60.5 Å². The van der Waals surface area contributed by atoms with Crippen LogP contribution in [-0.4, -0.2) is 69.0 Å². The predicted octanol–water partition coefficient (Wildman–Crippen LogP) is 5.23. The maximum absolute atomic E-state index is 13.5. The summed E-state index contributed by atoms with van der Waals surface area (Å²) in [6.07, 6.45) is 3.70. The van der Waals surface area contributed by atoms with Crippen LogP contribution in [0.15, 0.2) is 48.5 Å². The summed E-state index contributed by atoms with van der Waals surface area (Å²) in [4.78, 5) is 25.3. The van der Waals surface area contributed by atoms with E-state index in [0.717, 1.165) is 55.0 Å². The number of carbonyl (C=O) groups excluding carboxylic acids is 2. The molecule has 8 atom stereocenters. The minimum absolute atomic E-state index is 0.0169. The molecule has 2 fully saturated rings. The van der Waals surface area contributed by atoms with Gasteiger partial charge in [-0.15, -0.1) is 0 Å². The molecule has 0 radical (unpaired) electrons. The molecule has 0 aromatic heterocycles. The Labute approximate surface area is 293 Å². The zero-order valence-corrected chi connectivity index (χ0v) is 28.7. The SMILES string of the molecule is COc1cc2c(cc1O)[C@H](C[C@H](O)[C@H](O)c1ccc3cc(O)ccc3c1)C#C[C@H]([C@H](O)CCCC[C@H]1CN[C@@H]3CC(=O)CC[C@H]3C1)C(=O)CC2. The zero-order chi connectivity index (χ0) is 35.4. The van der Waals surface area contributed by atoms with Crippen LogP contribution in [0.1, 0.15) is 92.9 Å². The van der Waals surface area contributed by atoms with Gasteiger partial charge >= 0.3 is 0 Å². The fourth-order valence-corrected chi connectivity index (χ4v) is 8.20. The smallest absolute Gasteiger partial charge is 0.160 e. The Bertz CT molecular complexity index is 1760. The third-order valence-corrected chi connectivity index (χ3v) is 11.1. The van der Waals surface area contributed by atoms with E-state index >= 15 is 0 Å². The lowest BCUT2D eigenvalue weighted by Crippen LogP contribution is -2.48. The van der Waals surface area contributed by atoms with E-state index in [2.05, 4.69) is 17.2 Å². The highest BCUT2D eigenvalue weighted by Crippen LogP contribution is 2.38. The van der Waals surface area contributed by atoms with Crippen LogP contribution in [0.25, 0.3) is 10.8 Å². The van der Waals surface area contributed by atoms with Crippen LogP contribution < -0.4 is 10.1 Å². The zero-order valence-electron chi connectivity index (χ0n) is 28.7. The summed E-state index contributed by atoms with van der Waals surface area (Å²) in [7, 11) is 1.45. The number of fused-ring (bicyclic) bond motifs is 3. The lowest BCUT2D eigenvalue weighted by Gasteiger charge is -2.39. The van der Waals surface area contributed by atoms with Crippen molar-refractivity contribution in [2.24, 2.45) is 17.8 Å². The number of phenols is 2. The van der Waals surface area contributed by atoms with E-state index in [1.54, 1.807) is 48.5 Å². The Kier molecular flexibility index (Phi) is 11.4. The fourth-order valence-electron chi connectivity index (χ4n) is 8.20. The van der Waals surface area contributed by atoms with E-state index < -0.39 is 30.1 Å². The Hall–Kier alpha value is -3.94. The van der Waals surface area contributed by atoms with Crippen LogP contribution >= 0.6 is 0 Å². The van der Waals surface area contributed by atoms with E-state index in [9.17, 15) is 35.1 Å². The number of nitrogens with one attached hydrogen (secondary N) is 1. The number of hydrogen-bond donors (Lipinski definition) is 6. The van der Waals surface area contributed by atoms with Gasteiger partial charge in [-0.2, -0.15) is 0 Å². The normalized spacial score (nSPS) is 25.6. The van der Waals surface area contributed by atoms with Crippen molar-refractivity contribution < 1.29 is 39.9 Å². The van der Waals surface area contributed by atoms with Crippen molar-refractivity contribution in [1.82, 2.24) is 5.32 Å². The number of aromatic hydroxyl groups is 2. The molecule has 1 heterocycles. The number of aliphatic hydroxyl groups is 3. The van der Waals surface area contributed by atoms with Crippen molar-refractivity contribution in [1.29, 1.82) is 0 Å². The topological polar surface area (TPSA) is 157 Å². The molecule has 3 aliphatic rings. The third kappa shape index (κ3) is 8.33. The number of benzene rings is 3. The lowest BCUT2D eigenvalue weighted by atomic mass is 9.74. The van der Waals surface area contributed by atoms with Gasteiger partial charge < -0.3 is 35.6 Å². The van der Waals surface area contributed by atoms with Gasteiger partial charge in [-0.25, -0.2) is 0 Å². The van der Waals surface area contributed by atoms with Crippen molar-refractivity contribution in [2.75, 3.05) is 13.7 Å². The average molecular weight is 684 g/mol. The molecule has 1 saturated heterocycles. The highest BCUT2D eigenvalue weighted by atomic mass is 16.5. The Morgan fingerprint density at radius 3 is 2.56 bits per heavy atom. The minimum Gasteiger partial charge on any atom is -0.508 e. The molecule has 1 aliphatic heterocycles. The Morgan fingerprint density at radius 2 is 1.74 bits per heavy atom. The molecular weight excluding hydrogens is 634 g/mol. The first-order valence-electron chi connectivity index (χ1n) is 18.0. The molecule has 3 aromatic carbocycles. The number of hydrogen-bond acceptors (Lipinski definition) is 9. The first-order chi connectivity index (χ1) is 24.1. The molecule has 50 heavy (non-hydrogen) atoms. The molecule has 9 heteroatoms. The van der Waals surface area contributed by atoms with Crippen molar-refractivity contribution in [3.63, 3.8) is 0 Å². The third-order valence-electron chi connectivity index (χ3n) is 11.1. The summed E-state index contributed by atoms with van der Waals surface area (Å²) in [6.45, 7) is 0.915. The van der Waals surface area contributed by atoms with E-state index in [-0.39, 0.29) is 35.9 Å². The largest absolute Gasteiger partial charge is 0.508 e. The molecule has 6 N–H and O–H groups in total. The second-order valence-corrected chi connectivity index (χ2v) is 14.6. The van der Waals surface area contributed by atoms with Crippen LogP contribution in [0.5, 0.6) is 17.2 Å². The van der Waals surface area contributed by atoms with Crippen LogP contribution in [0.2, 0.25) is 0 Å². The minimum atomic E-state index is -1.24. The van der Waals surface area contributed by atoms with Crippen LogP contribution in [0.3, 0.4) is 0 Å². The van der Waals surface area contributed by atoms with Gasteiger partial charge in [0.2, 0.25) is 0 Å². The number of ether oxygens (including phenoxy) is 1. The number of rotatable bonds is 11. The molecule has 1 saturated carbocycles. The number of aliphatic hydroxyl groups excluding tert-OH is 3. The number of ketones is 2. The van der Waals surface area contributed by atoms with Crippen molar-refractivity contribution in [3.05, 3.63) is 65.2 Å². The van der Waals surface area contributed by atoms with Crippen LogP contribution in [0.4, 0.5) is 0 Å². The standard InChI is InChI=1S/C41H49NO8/c1-50-40-20-28-11-15-37(46)33(36(45)5-3-2-4-24-16-29-9-13-32(44)21-35(29)42-23-24)14-10-27(34(28)22-38(40)47)19-39(48)41(49)30-7-6-26-18-31(43)12-8-25(26)17-30/h6-8,12,17-18,20,22,24,27,29,33,35-36,39,41-43,45,47-49H,2-5,9,11,13,15-16,19,21,23H2,1H3/t24-,27+,29+,33-,35-,36-,39+,41-/m1/s1. The number of aryl methyl sites for hydroxylation is 1. The van der Waals surface area contributed by atoms with Gasteiger partial charge in [0.15, 0.2) is 17.3 Å². The Morgan fingerprint density at radius 1 is 0.940 bits per heavy atom. The predicted molar refractivity (Wildman–Crippen MR) is 190 cm³/mol. The summed E-state index contributed by atoms with van der Waals surface area (Å²) < 4.78 is 5.35. The van der Waals surface area contributed by atoms with E-state index in [1.165, 1.54) is 7.11 Å². The molecular formula is C41H49NO8. The number of Topliss-reactive ketones (excluding diaryl/α,β-unsaturated/α-hetero) is 2. The van der Waals surface area contributed by atoms with Gasteiger partial charge in [0.25, 0.3) is 0 Å². The summed E-state index contributed by atoms with van der Waals surface area (Å²) >= 11 is 0. The maximum Gasteiger partial charge on any atom is 0.160 e. The van der Waals surface area contributed by atoms with Crippen molar-refractivity contribution in [3.8, 4) is 29.1 Å². The molecule has 6 rings (SSSR count). The highest BCUT2D eigenvalue weighted by Gasteiger charge is 2.35. The first-order valence-corrected chi connectivity index (χ1v) is 18.0. The molecule has 2 aliphatic carbocycles. The number of phenolic OH excluding ortho intramolecular Hbond substituents is 2. The van der Waals surface area contributed by atoms with E-state index in [4.69, 9.17) is 4.74 Å². The Balaban J connectivity index is 1.14. The monoisotopic (exact) mass is 683 g/mol. The highest BCUT2D eigenvalue weighted by molar-refractivity contribution is 5.85. The van der Waals surface area contributed by atoms with Crippen molar-refractivity contribution >= 4 is 22.3 Å². The van der Waals surface area contributed by atoms with Gasteiger partial charge in [0, 0.05) is 31.2 Å². The summed E-state index contributed by atoms with van der Waals surface area (Å²) in [5.74, 6) is 6.34. The summed E-state index contributed by atoms with van der Waals surface area (Å²) in [5, 5.41) is 59.6. The molecule has 0 unspecified atom stereocenters. The quantitative estimate of drug-likeness (QED) is 0.118. The molecule has 3 aromatic rings. The number of piperidine rings is 1. The van der Waals surface area contributed by atoms with Gasteiger partial charge in [-0.05, 0) is 115 Å². The second-order valence-electron chi connectivity index (χ2n) is 14.6. The van der Waals surface area contributed by atoms with Crippen molar-refractivity contribution in [2.45, 2.75) is 101 Å². The molecule has 266 valence electrons. The number of methoxy groups -OCH3 is 1. The molecule has 0 spiro atoms. The van der Waals surface area contributed by atoms with Crippen LogP contribution in [0, 0.1) is 29.6 Å². The molecule has 0 amide bonds. The number of unbranched alkanes of at least 4 members (excludes halogenated alkanes) is 1. The van der Waals surface area contributed by atoms with E-state index in [1.807, 2.05) is 0 Å². The number of carbonyl (C=O) groups is 2. The molecule has 9 nitrogen and oxygen atoms in total. The summed E-state index contributed by atoms with van der Waals surface area (Å²) in [6, 6.07) is 13.8. The molecule has 0 bridgehead atoms. The first kappa shape index (κ1) is 35.9. The van der Waals surface area contributed by atoms with Crippen LogP contribution in [-0.2, 0) is 16.0 Å². The fraction of sp³-hybridized carbons (Fsp3) is 0.512. The summed E-state index contributed by atoms with van der Waals surface area (Å²) in [5.41, 5.74) is 1.90. The maximum atomic E-state index is 13.5.